The van der Waals surface area contributed by atoms with Crippen molar-refractivity contribution in [3.63, 3.8) is 0 Å². The predicted octanol–water partition coefficient (Wildman–Crippen LogP) is 2.94. The molecule has 0 radical (unpaired) electrons. The molecule has 0 saturated heterocycles. The summed E-state index contributed by atoms with van der Waals surface area (Å²) in [5.41, 5.74) is 1.39. The summed E-state index contributed by atoms with van der Waals surface area (Å²) in [6, 6.07) is 15.6. The summed E-state index contributed by atoms with van der Waals surface area (Å²) >= 11 is 0. The normalized spacial score (nSPS) is 13.8. The molecule has 2 N–H and O–H groups in total. The zero-order chi connectivity index (χ0) is 17.7. The van der Waals surface area contributed by atoms with Gasteiger partial charge in [0, 0.05) is 0 Å². The van der Waals surface area contributed by atoms with Gasteiger partial charge in [-0.3, -0.25) is 19.6 Å². The molecule has 24 heavy (non-hydrogen) atoms. The lowest BCUT2D eigenvalue weighted by Crippen LogP contribution is -2.25. The lowest BCUT2D eigenvalue weighted by Gasteiger charge is -2.08. The van der Waals surface area contributed by atoms with E-state index >= 15 is 0 Å². The van der Waals surface area contributed by atoms with Gasteiger partial charge in [0.2, 0.25) is 0 Å². The Morgan fingerprint density at radius 2 is 1.42 bits per heavy atom. The molecule has 6 nitrogen and oxygen atoms in total. The molecule has 1 heterocycles. The van der Waals surface area contributed by atoms with E-state index in [9.17, 15) is 14.4 Å². The largest absolute Gasteiger partial charge is 0.481 e. The van der Waals surface area contributed by atoms with Crippen LogP contribution in [0.15, 0.2) is 54.6 Å². The molecule has 1 atom stereocenters. The number of carboxylic acids is 1. The van der Waals surface area contributed by atoms with Gasteiger partial charge < -0.3 is 5.11 Å². The SMILES string of the molecule is CCC(C(=O)O)c1ccccc1.O=C1c2ccccc2C(=O)N1O. The van der Waals surface area contributed by atoms with Crippen LogP contribution in [-0.4, -0.2) is 33.2 Å². The molecule has 1 aliphatic rings. The van der Waals surface area contributed by atoms with Crippen molar-refractivity contribution in [2.45, 2.75) is 19.3 Å². The van der Waals surface area contributed by atoms with Crippen molar-refractivity contribution in [2.24, 2.45) is 0 Å². The van der Waals surface area contributed by atoms with Gasteiger partial charge >= 0.3 is 5.97 Å². The molecule has 0 spiro atoms. The summed E-state index contributed by atoms with van der Waals surface area (Å²) in [7, 11) is 0. The number of nitrogens with zero attached hydrogens (tertiary/aromatic N) is 1. The first-order valence-electron chi connectivity index (χ1n) is 7.41. The molecule has 0 aliphatic carbocycles. The molecule has 3 rings (SSSR count). The number of hydrogen-bond donors (Lipinski definition) is 2. The van der Waals surface area contributed by atoms with E-state index in [2.05, 4.69) is 0 Å². The quantitative estimate of drug-likeness (QED) is 0.667. The Balaban J connectivity index is 0.000000174. The van der Waals surface area contributed by atoms with E-state index in [4.69, 9.17) is 10.3 Å². The van der Waals surface area contributed by atoms with Gasteiger partial charge in [0.1, 0.15) is 0 Å². The molecule has 2 amide bonds. The van der Waals surface area contributed by atoms with Gasteiger partial charge in [0.25, 0.3) is 11.8 Å². The van der Waals surface area contributed by atoms with Gasteiger partial charge in [-0.05, 0) is 24.1 Å². The smallest absolute Gasteiger partial charge is 0.310 e. The summed E-state index contributed by atoms with van der Waals surface area (Å²) in [5, 5.41) is 17.9. The van der Waals surface area contributed by atoms with Crippen molar-refractivity contribution >= 4 is 17.8 Å². The molecular formula is C18H17NO5. The number of aliphatic carboxylic acids is 1. The number of hydroxylamine groups is 2. The van der Waals surface area contributed by atoms with Crippen LogP contribution in [0, 0.1) is 0 Å². The van der Waals surface area contributed by atoms with Crippen LogP contribution in [0.3, 0.4) is 0 Å². The standard InChI is InChI=1S/C10H12O2.C8H5NO3/c1-2-9(10(11)12)8-6-4-3-5-7-8;10-7-5-3-1-2-4-6(5)8(11)9(7)12/h3-7,9H,2H2,1H3,(H,11,12);1-4,12H. The van der Waals surface area contributed by atoms with Gasteiger partial charge in [-0.2, -0.15) is 0 Å². The van der Waals surface area contributed by atoms with E-state index in [-0.39, 0.29) is 22.1 Å². The summed E-state index contributed by atoms with van der Waals surface area (Å²) in [4.78, 5) is 32.9. The molecule has 0 saturated carbocycles. The third-order valence-corrected chi connectivity index (χ3v) is 3.68. The first-order chi connectivity index (χ1) is 11.5. The minimum absolute atomic E-state index is 0.130. The highest BCUT2D eigenvalue weighted by molar-refractivity contribution is 6.20. The third kappa shape index (κ3) is 3.49. The zero-order valence-corrected chi connectivity index (χ0v) is 13.0. The van der Waals surface area contributed by atoms with Gasteiger partial charge in [-0.25, -0.2) is 0 Å². The highest BCUT2D eigenvalue weighted by Crippen LogP contribution is 2.20. The van der Waals surface area contributed by atoms with Crippen molar-refractivity contribution in [1.29, 1.82) is 0 Å². The topological polar surface area (TPSA) is 94.9 Å². The molecular weight excluding hydrogens is 310 g/mol. The van der Waals surface area contributed by atoms with E-state index in [0.29, 0.717) is 6.42 Å². The Bertz CT molecular complexity index is 722. The van der Waals surface area contributed by atoms with E-state index in [1.54, 1.807) is 12.1 Å². The molecule has 124 valence electrons. The number of carboxylic acid groups (broad SMARTS) is 1. The van der Waals surface area contributed by atoms with Crippen molar-refractivity contribution in [3.05, 3.63) is 71.3 Å². The highest BCUT2D eigenvalue weighted by atomic mass is 16.5. The Hall–Kier alpha value is -2.99. The summed E-state index contributed by atoms with van der Waals surface area (Å²) < 4.78 is 0. The highest BCUT2D eigenvalue weighted by Gasteiger charge is 2.34. The van der Waals surface area contributed by atoms with E-state index in [1.807, 2.05) is 37.3 Å². The van der Waals surface area contributed by atoms with Crippen molar-refractivity contribution in [3.8, 4) is 0 Å². The van der Waals surface area contributed by atoms with Crippen LogP contribution < -0.4 is 0 Å². The fourth-order valence-electron chi connectivity index (χ4n) is 2.41. The van der Waals surface area contributed by atoms with Crippen LogP contribution in [-0.2, 0) is 4.79 Å². The third-order valence-electron chi connectivity index (χ3n) is 3.68. The molecule has 2 aromatic carbocycles. The van der Waals surface area contributed by atoms with Gasteiger partial charge in [0.05, 0.1) is 17.0 Å². The van der Waals surface area contributed by atoms with Gasteiger partial charge in [0.15, 0.2) is 0 Å². The average Bonchev–Trinajstić information content (AvgIpc) is 2.82. The molecule has 0 aromatic heterocycles. The number of carbonyl (C=O) groups is 3. The van der Waals surface area contributed by atoms with Gasteiger partial charge in [-0.15, -0.1) is 5.06 Å². The second-order valence-corrected chi connectivity index (χ2v) is 5.18. The van der Waals surface area contributed by atoms with Gasteiger partial charge in [-0.1, -0.05) is 49.4 Å². The number of imide groups is 1. The van der Waals surface area contributed by atoms with Crippen molar-refractivity contribution in [1.82, 2.24) is 5.06 Å². The molecule has 1 aliphatic heterocycles. The number of carbonyl (C=O) groups excluding carboxylic acids is 2. The zero-order valence-electron chi connectivity index (χ0n) is 13.0. The molecule has 0 fully saturated rings. The van der Waals surface area contributed by atoms with Crippen LogP contribution in [0.4, 0.5) is 0 Å². The molecule has 1 unspecified atom stereocenters. The lowest BCUT2D eigenvalue weighted by molar-refractivity contribution is -0.138. The Morgan fingerprint density at radius 1 is 0.958 bits per heavy atom. The maximum Gasteiger partial charge on any atom is 0.310 e. The van der Waals surface area contributed by atoms with E-state index in [0.717, 1.165) is 5.56 Å². The number of benzene rings is 2. The first-order valence-corrected chi connectivity index (χ1v) is 7.41. The minimum Gasteiger partial charge on any atom is -0.481 e. The Morgan fingerprint density at radius 3 is 1.83 bits per heavy atom. The van der Waals surface area contributed by atoms with Crippen LogP contribution in [0.25, 0.3) is 0 Å². The van der Waals surface area contributed by atoms with Crippen molar-refractivity contribution < 1.29 is 24.7 Å². The second-order valence-electron chi connectivity index (χ2n) is 5.18. The van der Waals surface area contributed by atoms with Crippen LogP contribution in [0.1, 0.15) is 45.5 Å². The fraction of sp³-hybridized carbons (Fsp3) is 0.167. The number of fused-ring (bicyclic) bond motifs is 1. The van der Waals surface area contributed by atoms with E-state index < -0.39 is 17.8 Å². The van der Waals surface area contributed by atoms with Crippen LogP contribution in [0.2, 0.25) is 0 Å². The monoisotopic (exact) mass is 327 g/mol. The Labute approximate surface area is 138 Å². The first kappa shape index (κ1) is 17.4. The molecule has 2 aromatic rings. The van der Waals surface area contributed by atoms with Crippen molar-refractivity contribution in [2.75, 3.05) is 0 Å². The lowest BCUT2D eigenvalue weighted by atomic mass is 9.97. The number of amides is 2. The Kier molecular flexibility index (Phi) is 5.44. The molecule has 6 heteroatoms. The minimum atomic E-state index is -0.747. The number of hydrogen-bond acceptors (Lipinski definition) is 4. The van der Waals surface area contributed by atoms with E-state index in [1.165, 1.54) is 12.1 Å². The summed E-state index contributed by atoms with van der Waals surface area (Å²) in [6.07, 6.45) is 0.638. The maximum atomic E-state index is 11.1. The summed E-state index contributed by atoms with van der Waals surface area (Å²) in [6.45, 7) is 1.88. The number of rotatable bonds is 3. The van der Waals surface area contributed by atoms with Crippen LogP contribution >= 0.6 is 0 Å². The predicted molar refractivity (Wildman–Crippen MR) is 85.8 cm³/mol. The summed E-state index contributed by atoms with van der Waals surface area (Å²) in [5.74, 6) is -2.42. The second kappa shape index (κ2) is 7.52. The van der Waals surface area contributed by atoms with Crippen LogP contribution in [0.5, 0.6) is 0 Å². The fourth-order valence-corrected chi connectivity index (χ4v) is 2.41. The molecule has 0 bridgehead atoms. The average molecular weight is 327 g/mol. The maximum absolute atomic E-state index is 11.1.